The Labute approximate surface area is 249 Å². The number of benzene rings is 1. The number of carboxylic acids is 1. The third-order valence-electron chi connectivity index (χ3n) is 7.51. The molecule has 0 aliphatic carbocycles. The van der Waals surface area contributed by atoms with Crippen molar-refractivity contribution in [1.82, 2.24) is 36.6 Å². The highest BCUT2D eigenvalue weighted by Gasteiger charge is 2.33. The molecule has 0 bridgehead atoms. The molecular formula is C29H41N7O7. The number of H-pyrrole nitrogens is 1. The number of rotatable bonds is 15. The fourth-order valence-electron chi connectivity index (χ4n) is 4.69. The van der Waals surface area contributed by atoms with Gasteiger partial charge in [-0.25, -0.2) is 9.78 Å². The summed E-state index contributed by atoms with van der Waals surface area (Å²) in [7, 11) is 0. The van der Waals surface area contributed by atoms with Crippen molar-refractivity contribution in [2.45, 2.75) is 83.1 Å². The minimum Gasteiger partial charge on any atom is -0.508 e. The second-order valence-corrected chi connectivity index (χ2v) is 10.8. The largest absolute Gasteiger partial charge is 0.508 e. The number of aromatic amines is 1. The van der Waals surface area contributed by atoms with Crippen LogP contribution in [-0.4, -0.2) is 86.5 Å². The topological polar surface area (TPSA) is 215 Å². The van der Waals surface area contributed by atoms with E-state index in [1.807, 2.05) is 6.92 Å². The molecule has 1 fully saturated rings. The Morgan fingerprint density at radius 3 is 2.26 bits per heavy atom. The van der Waals surface area contributed by atoms with Gasteiger partial charge in [-0.3, -0.25) is 19.2 Å². The lowest BCUT2D eigenvalue weighted by atomic mass is 9.96. The number of aliphatic carboxylic acids is 1. The van der Waals surface area contributed by atoms with Gasteiger partial charge in [0, 0.05) is 19.0 Å². The lowest BCUT2D eigenvalue weighted by Gasteiger charge is -2.28. The third kappa shape index (κ3) is 9.81. The number of hydrogen-bond acceptors (Lipinski definition) is 8. The Morgan fingerprint density at radius 2 is 1.67 bits per heavy atom. The van der Waals surface area contributed by atoms with Gasteiger partial charge in [0.2, 0.25) is 23.6 Å². The zero-order chi connectivity index (χ0) is 31.5. The van der Waals surface area contributed by atoms with E-state index in [0.29, 0.717) is 30.6 Å². The zero-order valence-corrected chi connectivity index (χ0v) is 24.6. The van der Waals surface area contributed by atoms with E-state index in [1.165, 1.54) is 31.6 Å². The number of nitrogens with zero attached hydrogens (tertiary/aromatic N) is 1. The van der Waals surface area contributed by atoms with Gasteiger partial charge in [-0.1, -0.05) is 32.4 Å². The molecule has 2 heterocycles. The molecule has 14 heteroatoms. The van der Waals surface area contributed by atoms with Gasteiger partial charge in [-0.2, -0.15) is 0 Å². The van der Waals surface area contributed by atoms with Gasteiger partial charge in [0.15, 0.2) is 0 Å². The van der Waals surface area contributed by atoms with E-state index >= 15 is 0 Å². The molecule has 1 aromatic heterocycles. The molecule has 0 radical (unpaired) electrons. The monoisotopic (exact) mass is 599 g/mol. The first-order valence-electron chi connectivity index (χ1n) is 14.4. The zero-order valence-electron chi connectivity index (χ0n) is 24.6. The number of hydrogen-bond donors (Lipinski definition) is 8. The maximum absolute atomic E-state index is 13.6. The summed E-state index contributed by atoms with van der Waals surface area (Å²) in [5.41, 5.74) is 1.14. The van der Waals surface area contributed by atoms with Crippen molar-refractivity contribution in [2.75, 3.05) is 6.54 Å². The minimum atomic E-state index is -1.26. The van der Waals surface area contributed by atoms with Crippen LogP contribution in [0.3, 0.4) is 0 Å². The van der Waals surface area contributed by atoms with Crippen LogP contribution in [0.2, 0.25) is 0 Å². The first kappa shape index (κ1) is 33.0. The van der Waals surface area contributed by atoms with Gasteiger partial charge in [-0.05, 0) is 49.9 Å². The number of carbonyl (C=O) groups excluding carboxylic acids is 4. The SMILES string of the molecule is CC[C@H](C)[C@H](NC(=O)[C@H](Cc1ccc(O)cc1)NC(=O)[C@@H]1CCCN1)C(=O)N[C@@H](C)C(=O)N[C@@H](Cc1c[nH]cn1)C(=O)O. The summed E-state index contributed by atoms with van der Waals surface area (Å²) in [6.07, 6.45) is 4.98. The van der Waals surface area contributed by atoms with Gasteiger partial charge in [0.1, 0.15) is 29.9 Å². The number of aromatic nitrogens is 2. The van der Waals surface area contributed by atoms with E-state index in [4.69, 9.17) is 0 Å². The van der Waals surface area contributed by atoms with Gasteiger partial charge < -0.3 is 41.8 Å². The summed E-state index contributed by atoms with van der Waals surface area (Å²) in [5, 5.41) is 32.8. The molecule has 0 spiro atoms. The molecule has 6 atom stereocenters. The lowest BCUT2D eigenvalue weighted by molar-refractivity contribution is -0.142. The fourth-order valence-corrected chi connectivity index (χ4v) is 4.69. The Balaban J connectivity index is 1.69. The summed E-state index contributed by atoms with van der Waals surface area (Å²) >= 11 is 0. The van der Waals surface area contributed by atoms with E-state index < -0.39 is 53.9 Å². The molecule has 14 nitrogen and oxygen atoms in total. The van der Waals surface area contributed by atoms with Crippen LogP contribution < -0.4 is 26.6 Å². The maximum Gasteiger partial charge on any atom is 0.326 e. The van der Waals surface area contributed by atoms with Gasteiger partial charge in [-0.15, -0.1) is 0 Å². The van der Waals surface area contributed by atoms with Crippen LogP contribution in [0.25, 0.3) is 0 Å². The molecule has 3 rings (SSSR count). The van der Waals surface area contributed by atoms with Crippen molar-refractivity contribution in [2.24, 2.45) is 5.92 Å². The average Bonchev–Trinajstić information content (AvgIpc) is 3.70. The van der Waals surface area contributed by atoms with E-state index in [0.717, 1.165) is 6.42 Å². The fraction of sp³-hybridized carbons (Fsp3) is 0.517. The Kier molecular flexibility index (Phi) is 12.0. The van der Waals surface area contributed by atoms with Crippen LogP contribution in [0, 0.1) is 5.92 Å². The standard InChI is InChI=1S/C29H41N7O7/c1-4-16(2)24(28(41)33-17(3)25(38)35-23(29(42)43)13-19-14-30-15-32-19)36-27(40)22(12-18-7-9-20(37)10-8-18)34-26(39)21-6-5-11-31-21/h7-10,14-17,21-24,31,37H,4-6,11-13H2,1-3H3,(H,30,32)(H,33,41)(H,34,39)(H,35,38)(H,36,40)(H,42,43)/t16-,17-,21-,22-,23-,24-/m0/s1. The highest BCUT2D eigenvalue weighted by molar-refractivity contribution is 5.95. The Hall–Kier alpha value is -4.46. The molecule has 8 N–H and O–H groups in total. The minimum absolute atomic E-state index is 0.0543. The molecule has 1 aliphatic rings. The second-order valence-electron chi connectivity index (χ2n) is 10.8. The molecular weight excluding hydrogens is 558 g/mol. The van der Waals surface area contributed by atoms with Gasteiger partial charge in [0.05, 0.1) is 18.1 Å². The quantitative estimate of drug-likeness (QED) is 0.135. The van der Waals surface area contributed by atoms with E-state index in [2.05, 4.69) is 36.6 Å². The van der Waals surface area contributed by atoms with Crippen LogP contribution in [-0.2, 0) is 36.8 Å². The van der Waals surface area contributed by atoms with Crippen LogP contribution in [0.5, 0.6) is 5.75 Å². The summed E-state index contributed by atoms with van der Waals surface area (Å²) in [4.78, 5) is 71.0. The average molecular weight is 600 g/mol. The number of phenolic OH excluding ortho intramolecular Hbond substituents is 1. The van der Waals surface area contributed by atoms with Gasteiger partial charge in [0.25, 0.3) is 0 Å². The summed E-state index contributed by atoms with van der Waals surface area (Å²) in [6.45, 7) is 5.74. The van der Waals surface area contributed by atoms with Crippen LogP contribution in [0.4, 0.5) is 0 Å². The summed E-state index contributed by atoms with van der Waals surface area (Å²) < 4.78 is 0. The van der Waals surface area contributed by atoms with Crippen molar-refractivity contribution >= 4 is 29.6 Å². The molecule has 0 unspecified atom stereocenters. The summed E-state index contributed by atoms with van der Waals surface area (Å²) in [5.74, 6) is -3.78. The third-order valence-corrected chi connectivity index (χ3v) is 7.51. The maximum atomic E-state index is 13.6. The Morgan fingerprint density at radius 1 is 0.953 bits per heavy atom. The number of carbonyl (C=O) groups is 5. The number of phenols is 1. The van der Waals surface area contributed by atoms with Crippen molar-refractivity contribution in [3.8, 4) is 5.75 Å². The van der Waals surface area contributed by atoms with Crippen molar-refractivity contribution in [1.29, 1.82) is 0 Å². The smallest absolute Gasteiger partial charge is 0.326 e. The van der Waals surface area contributed by atoms with Crippen molar-refractivity contribution in [3.05, 3.63) is 48.0 Å². The second kappa shape index (κ2) is 15.7. The number of amides is 4. The van der Waals surface area contributed by atoms with Gasteiger partial charge >= 0.3 is 5.97 Å². The van der Waals surface area contributed by atoms with Crippen molar-refractivity contribution in [3.63, 3.8) is 0 Å². The highest BCUT2D eigenvalue weighted by Crippen LogP contribution is 2.14. The predicted octanol–water partition coefficient (Wildman–Crippen LogP) is -0.258. The van der Waals surface area contributed by atoms with E-state index in [1.54, 1.807) is 19.1 Å². The Bertz CT molecular complexity index is 1250. The number of imidazole rings is 1. The predicted molar refractivity (Wildman–Crippen MR) is 156 cm³/mol. The van der Waals surface area contributed by atoms with Crippen LogP contribution in [0.1, 0.15) is 51.3 Å². The molecule has 234 valence electrons. The first-order chi connectivity index (χ1) is 20.5. The van der Waals surface area contributed by atoms with E-state index in [-0.39, 0.29) is 30.4 Å². The first-order valence-corrected chi connectivity index (χ1v) is 14.4. The molecule has 1 aliphatic heterocycles. The highest BCUT2D eigenvalue weighted by atomic mass is 16.4. The normalized spacial score (nSPS) is 18.0. The molecule has 0 saturated carbocycles. The summed E-state index contributed by atoms with van der Waals surface area (Å²) in [6, 6.07) is 1.39. The van der Waals surface area contributed by atoms with E-state index in [9.17, 15) is 34.2 Å². The number of aromatic hydroxyl groups is 1. The molecule has 43 heavy (non-hydrogen) atoms. The molecule has 1 aromatic carbocycles. The van der Waals surface area contributed by atoms with Crippen LogP contribution >= 0.6 is 0 Å². The van der Waals surface area contributed by atoms with Crippen molar-refractivity contribution < 1.29 is 34.2 Å². The molecule has 4 amide bonds. The lowest BCUT2D eigenvalue weighted by Crippen LogP contribution is -2.59. The molecule has 2 aromatic rings. The number of nitrogens with one attached hydrogen (secondary N) is 6. The number of carboxylic acid groups (broad SMARTS) is 1. The molecule has 1 saturated heterocycles. The van der Waals surface area contributed by atoms with Crippen LogP contribution in [0.15, 0.2) is 36.8 Å².